The van der Waals surface area contributed by atoms with Crippen molar-refractivity contribution in [3.05, 3.63) is 102 Å². The number of primary amides is 1. The topological polar surface area (TPSA) is 133 Å². The number of sulfonamides is 1. The van der Waals surface area contributed by atoms with E-state index < -0.39 is 28.0 Å². The van der Waals surface area contributed by atoms with Crippen molar-refractivity contribution in [2.24, 2.45) is 11.7 Å². The van der Waals surface area contributed by atoms with Crippen LogP contribution in [0.3, 0.4) is 0 Å². The lowest BCUT2D eigenvalue weighted by atomic mass is 9.84. The summed E-state index contributed by atoms with van der Waals surface area (Å²) in [6.07, 6.45) is 2.51. The van der Waals surface area contributed by atoms with Crippen LogP contribution in [-0.2, 0) is 21.4 Å². The molecule has 0 saturated heterocycles. The Morgan fingerprint density at radius 3 is 1.88 bits per heavy atom. The summed E-state index contributed by atoms with van der Waals surface area (Å²) in [4.78, 5) is 13.0. The van der Waals surface area contributed by atoms with Gasteiger partial charge in [0.05, 0.1) is 24.2 Å². The Bertz CT molecular complexity index is 1310. The van der Waals surface area contributed by atoms with E-state index >= 15 is 0 Å². The Morgan fingerprint density at radius 2 is 1.44 bits per heavy atom. The van der Waals surface area contributed by atoms with E-state index in [9.17, 15) is 23.4 Å². The third-order valence-corrected chi connectivity index (χ3v) is 9.76. The molecular weight excluding hydrogens is 562 g/mol. The van der Waals surface area contributed by atoms with Crippen LogP contribution in [0.5, 0.6) is 0 Å². The molecule has 0 radical (unpaired) electrons. The van der Waals surface area contributed by atoms with E-state index in [0.29, 0.717) is 24.8 Å². The number of aliphatic hydroxyl groups excluding tert-OH is 2. The van der Waals surface area contributed by atoms with Crippen molar-refractivity contribution in [2.75, 3.05) is 13.2 Å². The molecule has 0 saturated carbocycles. The summed E-state index contributed by atoms with van der Waals surface area (Å²) in [5.74, 6) is -0.663. The second kappa shape index (κ2) is 16.7. The molecule has 0 aromatic heterocycles. The van der Waals surface area contributed by atoms with E-state index in [2.05, 4.69) is 5.32 Å². The van der Waals surface area contributed by atoms with Crippen molar-refractivity contribution < 1.29 is 23.4 Å². The van der Waals surface area contributed by atoms with Gasteiger partial charge in [-0.3, -0.25) is 4.79 Å². The molecule has 5 N–H and O–H groups in total. The predicted octanol–water partition coefficient (Wildman–Crippen LogP) is 4.41. The minimum Gasteiger partial charge on any atom is -0.395 e. The van der Waals surface area contributed by atoms with Gasteiger partial charge in [0.15, 0.2) is 0 Å². The fraction of sp³-hybridized carbons (Fsp3) is 0.441. The highest BCUT2D eigenvalue weighted by molar-refractivity contribution is 7.89. The zero-order valence-corrected chi connectivity index (χ0v) is 26.3. The first kappa shape index (κ1) is 34.4. The molecule has 0 spiro atoms. The Morgan fingerprint density at radius 1 is 0.884 bits per heavy atom. The number of carbonyl (C=O) groups excluding carboxylic acids is 1. The van der Waals surface area contributed by atoms with Crippen LogP contribution < -0.4 is 11.1 Å². The highest BCUT2D eigenvalue weighted by Crippen LogP contribution is 2.29. The largest absolute Gasteiger partial charge is 0.395 e. The highest BCUT2D eigenvalue weighted by Gasteiger charge is 2.33. The summed E-state index contributed by atoms with van der Waals surface area (Å²) in [5, 5.41) is 23.2. The quantitative estimate of drug-likeness (QED) is 0.169. The molecule has 0 fully saturated rings. The Labute approximate surface area is 257 Å². The average molecular weight is 610 g/mol. The highest BCUT2D eigenvalue weighted by atomic mass is 32.2. The molecule has 0 heterocycles. The van der Waals surface area contributed by atoms with Gasteiger partial charge in [0.1, 0.15) is 0 Å². The molecule has 43 heavy (non-hydrogen) atoms. The lowest BCUT2D eigenvalue weighted by Crippen LogP contribution is -2.50. The zero-order valence-electron chi connectivity index (χ0n) is 25.5. The minimum absolute atomic E-state index is 0.0482. The molecule has 234 valence electrons. The lowest BCUT2D eigenvalue weighted by molar-refractivity contribution is -0.120. The maximum Gasteiger partial charge on any atom is 0.243 e. The van der Waals surface area contributed by atoms with Gasteiger partial charge in [-0.15, -0.1) is 0 Å². The van der Waals surface area contributed by atoms with Gasteiger partial charge in [-0.1, -0.05) is 100.0 Å². The fourth-order valence-corrected chi connectivity index (χ4v) is 7.34. The molecule has 9 heteroatoms. The van der Waals surface area contributed by atoms with Gasteiger partial charge < -0.3 is 21.3 Å². The van der Waals surface area contributed by atoms with Gasteiger partial charge in [-0.05, 0) is 54.0 Å². The minimum atomic E-state index is -3.88. The van der Waals surface area contributed by atoms with E-state index in [1.165, 1.54) is 16.4 Å². The summed E-state index contributed by atoms with van der Waals surface area (Å²) < 4.78 is 28.8. The molecule has 0 aliphatic heterocycles. The monoisotopic (exact) mass is 609 g/mol. The standard InChI is InChI=1S/C34H47N3O5S/c1-4-29(36-33(34(35)40)32(27-12-7-5-8-13-27)28-14-9-6-10-15-28)16-11-17-30(24-39)37(22-25(2)3)43(41,42)31-20-18-26(23-38)19-21-31/h5-10,12-15,18-21,25,29-30,32-33,36,38-39H,4,11,16-17,22-24H2,1-3H3,(H2,35,40)/t29-,30-,33-/m0/s1. The lowest BCUT2D eigenvalue weighted by Gasteiger charge is -2.32. The number of hydrogen-bond donors (Lipinski definition) is 4. The van der Waals surface area contributed by atoms with Crippen molar-refractivity contribution in [3.63, 3.8) is 0 Å². The molecule has 3 atom stereocenters. The van der Waals surface area contributed by atoms with E-state index in [4.69, 9.17) is 5.73 Å². The summed E-state index contributed by atoms with van der Waals surface area (Å²) in [6.45, 7) is 5.73. The molecule has 8 nitrogen and oxygen atoms in total. The Kier molecular flexibility index (Phi) is 13.3. The molecule has 1 amide bonds. The number of aliphatic hydroxyl groups is 2. The molecule has 3 aromatic rings. The number of nitrogens with two attached hydrogens (primary N) is 1. The van der Waals surface area contributed by atoms with Crippen molar-refractivity contribution in [3.8, 4) is 0 Å². The van der Waals surface area contributed by atoms with Gasteiger partial charge in [-0.25, -0.2) is 8.42 Å². The van der Waals surface area contributed by atoms with E-state index in [1.54, 1.807) is 12.1 Å². The number of nitrogens with one attached hydrogen (secondary N) is 1. The average Bonchev–Trinajstić information content (AvgIpc) is 3.01. The predicted molar refractivity (Wildman–Crippen MR) is 171 cm³/mol. The van der Waals surface area contributed by atoms with Crippen molar-refractivity contribution in [2.45, 2.75) is 82.0 Å². The van der Waals surface area contributed by atoms with Gasteiger partial charge in [-0.2, -0.15) is 4.31 Å². The van der Waals surface area contributed by atoms with Crippen LogP contribution in [0.2, 0.25) is 0 Å². The first-order chi connectivity index (χ1) is 20.6. The maximum atomic E-state index is 13.7. The number of rotatable bonds is 18. The molecular formula is C34H47N3O5S. The van der Waals surface area contributed by atoms with Crippen LogP contribution in [0.4, 0.5) is 0 Å². The number of benzene rings is 3. The summed E-state index contributed by atoms with van der Waals surface area (Å²) >= 11 is 0. The molecule has 0 aliphatic rings. The van der Waals surface area contributed by atoms with Gasteiger partial charge in [0, 0.05) is 24.5 Å². The van der Waals surface area contributed by atoms with Crippen molar-refractivity contribution >= 4 is 15.9 Å². The van der Waals surface area contributed by atoms with Crippen LogP contribution >= 0.6 is 0 Å². The van der Waals surface area contributed by atoms with Crippen molar-refractivity contribution in [1.82, 2.24) is 9.62 Å². The van der Waals surface area contributed by atoms with Crippen LogP contribution in [0, 0.1) is 5.92 Å². The fourth-order valence-electron chi connectivity index (χ4n) is 5.53. The van der Waals surface area contributed by atoms with E-state index in [0.717, 1.165) is 17.5 Å². The second-order valence-electron chi connectivity index (χ2n) is 11.5. The zero-order chi connectivity index (χ0) is 31.4. The van der Waals surface area contributed by atoms with Crippen LogP contribution in [0.15, 0.2) is 89.8 Å². The van der Waals surface area contributed by atoms with E-state index in [-0.39, 0.29) is 42.5 Å². The number of amides is 1. The van der Waals surface area contributed by atoms with Gasteiger partial charge in [0.2, 0.25) is 15.9 Å². The van der Waals surface area contributed by atoms with Gasteiger partial charge in [0.25, 0.3) is 0 Å². The summed E-state index contributed by atoms with van der Waals surface area (Å²) in [5.41, 5.74) is 8.60. The molecule has 3 rings (SSSR count). The molecule has 3 aromatic carbocycles. The Balaban J connectivity index is 1.77. The summed E-state index contributed by atoms with van der Waals surface area (Å²) in [6, 6.07) is 24.6. The normalized spacial score (nSPS) is 14.2. The van der Waals surface area contributed by atoms with Crippen LogP contribution in [0.1, 0.15) is 69.1 Å². The maximum absolute atomic E-state index is 13.7. The smallest absolute Gasteiger partial charge is 0.243 e. The van der Waals surface area contributed by atoms with Gasteiger partial charge >= 0.3 is 0 Å². The van der Waals surface area contributed by atoms with E-state index in [1.807, 2.05) is 81.4 Å². The summed E-state index contributed by atoms with van der Waals surface area (Å²) in [7, 11) is -3.88. The molecule has 0 unspecified atom stereocenters. The van der Waals surface area contributed by atoms with Crippen LogP contribution in [0.25, 0.3) is 0 Å². The third kappa shape index (κ3) is 9.45. The number of carbonyl (C=O) groups is 1. The number of nitrogens with zero attached hydrogens (tertiary/aromatic N) is 1. The van der Waals surface area contributed by atoms with Crippen molar-refractivity contribution in [1.29, 1.82) is 0 Å². The number of hydrogen-bond acceptors (Lipinski definition) is 6. The first-order valence-electron chi connectivity index (χ1n) is 15.1. The first-order valence-corrected chi connectivity index (χ1v) is 16.5. The second-order valence-corrected chi connectivity index (χ2v) is 13.4. The third-order valence-electron chi connectivity index (χ3n) is 7.83. The SMILES string of the molecule is CC[C@@H](CCC[C@@H](CO)N(CC(C)C)S(=O)(=O)c1ccc(CO)cc1)N[C@H](C(N)=O)C(c1ccccc1)c1ccccc1. The Hall–Kier alpha value is -3.08. The molecule has 0 aliphatic carbocycles. The van der Waals surface area contributed by atoms with Crippen LogP contribution in [-0.4, -0.2) is 60.1 Å². The molecule has 0 bridgehead atoms.